The minimum absolute atomic E-state index is 0.157. The Hall–Kier alpha value is -3.16. The number of ether oxygens (including phenoxy) is 1. The number of thiazole rings is 1. The highest BCUT2D eigenvalue weighted by Gasteiger charge is 2.16. The average molecular weight is 412 g/mol. The van der Waals surface area contributed by atoms with Crippen molar-refractivity contribution in [2.45, 2.75) is 6.61 Å². The third kappa shape index (κ3) is 4.21. The normalized spacial score (nSPS) is 10.6. The number of hydrogen-bond acceptors (Lipinski definition) is 6. The average Bonchev–Trinajstić information content (AvgIpc) is 3.39. The Balaban J connectivity index is 1.48. The molecule has 0 aliphatic rings. The summed E-state index contributed by atoms with van der Waals surface area (Å²) in [5.74, 6) is 0.602. The van der Waals surface area contributed by atoms with E-state index in [-0.39, 0.29) is 5.69 Å². The number of nitrogens with zero attached hydrogens (tertiary/aromatic N) is 2. The fraction of sp³-hybridized carbons (Fsp3) is 0.0500. The molecule has 0 spiro atoms. The topological polar surface area (TPSA) is 77.2 Å². The zero-order valence-corrected chi connectivity index (χ0v) is 16.0. The van der Waals surface area contributed by atoms with Gasteiger partial charge in [-0.25, -0.2) is 4.98 Å². The Kier molecular flexibility index (Phi) is 5.36. The summed E-state index contributed by atoms with van der Waals surface area (Å²) in [7, 11) is 0. The molecule has 0 unspecified atom stereocenters. The van der Waals surface area contributed by atoms with Gasteiger partial charge in [0.2, 0.25) is 0 Å². The van der Waals surface area contributed by atoms with Crippen molar-refractivity contribution in [3.63, 3.8) is 0 Å². The van der Waals surface area contributed by atoms with Gasteiger partial charge in [0.05, 0.1) is 16.9 Å². The highest BCUT2D eigenvalue weighted by Crippen LogP contribution is 2.27. The predicted octanol–water partition coefficient (Wildman–Crippen LogP) is 5.28. The number of rotatable bonds is 6. The molecule has 1 amide bonds. The maximum absolute atomic E-state index is 12.6. The van der Waals surface area contributed by atoms with E-state index in [9.17, 15) is 4.79 Å². The van der Waals surface area contributed by atoms with Crippen LogP contribution in [0.3, 0.4) is 0 Å². The van der Waals surface area contributed by atoms with E-state index < -0.39 is 5.91 Å². The first-order chi connectivity index (χ1) is 13.7. The number of benzene rings is 2. The van der Waals surface area contributed by atoms with Crippen LogP contribution < -0.4 is 10.1 Å². The van der Waals surface area contributed by atoms with Crippen molar-refractivity contribution in [3.8, 4) is 17.1 Å². The van der Waals surface area contributed by atoms with E-state index in [1.807, 2.05) is 23.6 Å². The van der Waals surface area contributed by atoms with Gasteiger partial charge in [0.15, 0.2) is 11.5 Å². The highest BCUT2D eigenvalue weighted by molar-refractivity contribution is 7.07. The van der Waals surface area contributed by atoms with Crippen LogP contribution in [-0.2, 0) is 6.61 Å². The minimum atomic E-state index is -0.401. The summed E-state index contributed by atoms with van der Waals surface area (Å²) in [5.41, 5.74) is 4.01. The van der Waals surface area contributed by atoms with Gasteiger partial charge in [-0.15, -0.1) is 11.3 Å². The quantitative estimate of drug-likeness (QED) is 0.467. The Morgan fingerprint density at radius 1 is 1.18 bits per heavy atom. The van der Waals surface area contributed by atoms with Crippen molar-refractivity contribution < 1.29 is 14.1 Å². The lowest BCUT2D eigenvalue weighted by Gasteiger charge is -2.10. The monoisotopic (exact) mass is 411 g/mol. The zero-order valence-electron chi connectivity index (χ0n) is 14.5. The van der Waals surface area contributed by atoms with Gasteiger partial charge >= 0.3 is 0 Å². The molecular formula is C20H14ClN3O3S. The molecular weight excluding hydrogens is 398 g/mol. The number of aromatic nitrogens is 2. The van der Waals surface area contributed by atoms with E-state index in [0.717, 1.165) is 11.3 Å². The van der Waals surface area contributed by atoms with Crippen molar-refractivity contribution in [2.24, 2.45) is 0 Å². The Labute approximate surface area is 169 Å². The smallest absolute Gasteiger partial charge is 0.277 e. The van der Waals surface area contributed by atoms with Crippen LogP contribution in [-0.4, -0.2) is 16.0 Å². The number of carbonyl (C=O) groups excluding carboxylic acids is 1. The SMILES string of the molecule is O=C(Nc1ccccc1OCc1cscn1)c1cc(-c2cccc(Cl)c2)on1. The van der Waals surface area contributed by atoms with Crippen LogP contribution in [0.4, 0.5) is 5.69 Å². The third-order valence-corrected chi connectivity index (χ3v) is 4.72. The van der Waals surface area contributed by atoms with Crippen molar-refractivity contribution in [1.82, 2.24) is 10.1 Å². The first-order valence-electron chi connectivity index (χ1n) is 8.32. The molecule has 2 aromatic heterocycles. The summed E-state index contributed by atoms with van der Waals surface area (Å²) in [6, 6.07) is 15.9. The first-order valence-corrected chi connectivity index (χ1v) is 9.64. The van der Waals surface area contributed by atoms with Crippen LogP contribution >= 0.6 is 22.9 Å². The van der Waals surface area contributed by atoms with Crippen LogP contribution in [0.5, 0.6) is 5.75 Å². The number of para-hydroxylation sites is 2. The summed E-state index contributed by atoms with van der Waals surface area (Å²) in [4.78, 5) is 16.8. The molecule has 6 nitrogen and oxygen atoms in total. The molecule has 0 aliphatic heterocycles. The number of anilines is 1. The van der Waals surface area contributed by atoms with Crippen LogP contribution in [0.2, 0.25) is 5.02 Å². The van der Waals surface area contributed by atoms with Crippen molar-refractivity contribution in [2.75, 3.05) is 5.32 Å². The van der Waals surface area contributed by atoms with Gasteiger partial charge in [-0.3, -0.25) is 4.79 Å². The number of carbonyl (C=O) groups is 1. The number of halogens is 1. The molecule has 0 atom stereocenters. The molecule has 2 heterocycles. The predicted molar refractivity (Wildman–Crippen MR) is 108 cm³/mol. The van der Waals surface area contributed by atoms with E-state index in [0.29, 0.717) is 28.8 Å². The summed E-state index contributed by atoms with van der Waals surface area (Å²) in [6.45, 7) is 0.319. The Morgan fingerprint density at radius 2 is 2.07 bits per heavy atom. The van der Waals surface area contributed by atoms with Gasteiger partial charge in [-0.05, 0) is 24.3 Å². The molecule has 4 rings (SSSR count). The van der Waals surface area contributed by atoms with Gasteiger partial charge in [0.1, 0.15) is 12.4 Å². The number of amides is 1. The largest absolute Gasteiger partial charge is 0.485 e. The van der Waals surface area contributed by atoms with E-state index in [1.54, 1.807) is 41.9 Å². The van der Waals surface area contributed by atoms with E-state index in [2.05, 4.69) is 15.5 Å². The molecule has 0 saturated carbocycles. The molecule has 0 saturated heterocycles. The van der Waals surface area contributed by atoms with E-state index >= 15 is 0 Å². The molecule has 4 aromatic rings. The molecule has 1 N–H and O–H groups in total. The number of nitrogens with one attached hydrogen (secondary N) is 1. The molecule has 2 aromatic carbocycles. The van der Waals surface area contributed by atoms with Crippen LogP contribution in [0.1, 0.15) is 16.2 Å². The standard InChI is InChI=1S/C20H14ClN3O3S/c21-14-5-3-4-13(8-14)19-9-17(24-27-19)20(25)23-16-6-1-2-7-18(16)26-10-15-11-28-12-22-15/h1-9,11-12H,10H2,(H,23,25). The van der Waals surface area contributed by atoms with Crippen molar-refractivity contribution in [3.05, 3.63) is 81.9 Å². The lowest BCUT2D eigenvalue weighted by atomic mass is 10.1. The highest BCUT2D eigenvalue weighted by atomic mass is 35.5. The van der Waals surface area contributed by atoms with Crippen LogP contribution in [0, 0.1) is 0 Å². The van der Waals surface area contributed by atoms with Gasteiger partial charge in [-0.1, -0.05) is 41.0 Å². The third-order valence-electron chi connectivity index (χ3n) is 3.85. The first kappa shape index (κ1) is 18.2. The van der Waals surface area contributed by atoms with Crippen molar-refractivity contribution >= 4 is 34.5 Å². The fourth-order valence-electron chi connectivity index (χ4n) is 2.50. The number of hydrogen-bond donors (Lipinski definition) is 1. The maximum atomic E-state index is 12.6. The molecule has 0 fully saturated rings. The second-order valence-corrected chi connectivity index (χ2v) is 6.96. The minimum Gasteiger partial charge on any atom is -0.485 e. The Morgan fingerprint density at radius 3 is 2.89 bits per heavy atom. The second-order valence-electron chi connectivity index (χ2n) is 5.81. The van der Waals surface area contributed by atoms with Gasteiger partial charge in [0.25, 0.3) is 5.91 Å². The van der Waals surface area contributed by atoms with Crippen molar-refractivity contribution in [1.29, 1.82) is 0 Å². The lowest BCUT2D eigenvalue weighted by Crippen LogP contribution is -2.13. The van der Waals surface area contributed by atoms with Crippen LogP contribution in [0.25, 0.3) is 11.3 Å². The molecule has 0 radical (unpaired) electrons. The zero-order chi connectivity index (χ0) is 19.3. The lowest BCUT2D eigenvalue weighted by molar-refractivity contribution is 0.101. The second kappa shape index (κ2) is 8.24. The molecule has 0 aliphatic carbocycles. The van der Waals surface area contributed by atoms with Gasteiger partial charge in [-0.2, -0.15) is 0 Å². The summed E-state index contributed by atoms with van der Waals surface area (Å²) in [6.07, 6.45) is 0. The van der Waals surface area contributed by atoms with E-state index in [1.165, 1.54) is 11.3 Å². The van der Waals surface area contributed by atoms with Gasteiger partial charge in [0, 0.05) is 22.0 Å². The Bertz CT molecular complexity index is 1100. The van der Waals surface area contributed by atoms with E-state index in [4.69, 9.17) is 20.9 Å². The molecule has 8 heteroatoms. The summed E-state index contributed by atoms with van der Waals surface area (Å²) in [5, 5.41) is 9.14. The van der Waals surface area contributed by atoms with Gasteiger partial charge < -0.3 is 14.6 Å². The molecule has 140 valence electrons. The molecule has 0 bridgehead atoms. The maximum Gasteiger partial charge on any atom is 0.277 e. The fourth-order valence-corrected chi connectivity index (χ4v) is 3.24. The summed E-state index contributed by atoms with van der Waals surface area (Å²) >= 11 is 7.50. The van der Waals surface area contributed by atoms with Crippen LogP contribution in [0.15, 0.2) is 70.0 Å². The molecule has 28 heavy (non-hydrogen) atoms. The summed E-state index contributed by atoms with van der Waals surface area (Å²) < 4.78 is 11.1.